The Morgan fingerprint density at radius 2 is 2.00 bits per heavy atom. The van der Waals surface area contributed by atoms with E-state index < -0.39 is 0 Å². The van der Waals surface area contributed by atoms with Crippen LogP contribution in [0, 0.1) is 5.92 Å². The van der Waals surface area contributed by atoms with Gasteiger partial charge in [0.05, 0.1) is 6.20 Å². The fraction of sp³-hybridized carbons (Fsp3) is 0.350. The number of pyridine rings is 1. The Balaban J connectivity index is 1.59. The Kier molecular flexibility index (Phi) is 4.32. The first-order valence-electron chi connectivity index (χ1n) is 8.67. The summed E-state index contributed by atoms with van der Waals surface area (Å²) in [6, 6.07) is 8.31. The number of benzene rings is 1. The molecule has 3 aromatic rings. The van der Waals surface area contributed by atoms with E-state index in [4.69, 9.17) is 4.74 Å². The molecule has 0 spiro atoms. The maximum atomic E-state index is 12.5. The number of hydrogen-bond acceptors (Lipinski definition) is 4. The zero-order valence-electron chi connectivity index (χ0n) is 14.3. The average Bonchev–Trinajstić information content (AvgIpc) is 3.08. The van der Waals surface area contributed by atoms with Gasteiger partial charge in [-0.1, -0.05) is 12.1 Å². The number of rotatable bonds is 4. The molecule has 0 aliphatic carbocycles. The van der Waals surface area contributed by atoms with Crippen molar-refractivity contribution in [2.45, 2.75) is 19.3 Å². The number of ketones is 1. The number of ether oxygens (including phenoxy) is 1. The molecule has 1 aliphatic heterocycles. The van der Waals surface area contributed by atoms with Crippen LogP contribution in [-0.2, 0) is 23.0 Å². The molecule has 5 heteroatoms. The summed E-state index contributed by atoms with van der Waals surface area (Å²) < 4.78 is 7.14. The Labute approximate surface area is 146 Å². The number of aromatic nitrogens is 3. The second kappa shape index (κ2) is 6.76. The first-order valence-corrected chi connectivity index (χ1v) is 8.67. The second-order valence-corrected chi connectivity index (χ2v) is 6.67. The van der Waals surface area contributed by atoms with Crippen LogP contribution < -0.4 is 0 Å². The monoisotopic (exact) mass is 335 g/mol. The van der Waals surface area contributed by atoms with Crippen LogP contribution in [0.15, 0.2) is 42.9 Å². The molecule has 25 heavy (non-hydrogen) atoms. The first kappa shape index (κ1) is 16.0. The second-order valence-electron chi connectivity index (χ2n) is 6.67. The van der Waals surface area contributed by atoms with Gasteiger partial charge in [-0.2, -0.15) is 5.10 Å². The highest BCUT2D eigenvalue weighted by Gasteiger charge is 2.21. The highest BCUT2D eigenvalue weighted by Crippen LogP contribution is 2.25. The third kappa shape index (κ3) is 3.46. The zero-order chi connectivity index (χ0) is 17.2. The molecule has 0 amide bonds. The summed E-state index contributed by atoms with van der Waals surface area (Å²) in [5.41, 5.74) is 3.04. The topological polar surface area (TPSA) is 57.0 Å². The highest BCUT2D eigenvalue weighted by molar-refractivity contribution is 5.88. The van der Waals surface area contributed by atoms with E-state index in [0.29, 0.717) is 19.6 Å². The van der Waals surface area contributed by atoms with Crippen molar-refractivity contribution in [3.8, 4) is 11.1 Å². The van der Waals surface area contributed by atoms with Gasteiger partial charge in [0.15, 0.2) is 0 Å². The summed E-state index contributed by atoms with van der Waals surface area (Å²) >= 11 is 0. The van der Waals surface area contributed by atoms with E-state index >= 15 is 0 Å². The number of carbonyl (C=O) groups excluding carboxylic acids is 1. The average molecular weight is 335 g/mol. The van der Waals surface area contributed by atoms with Crippen molar-refractivity contribution in [3.63, 3.8) is 0 Å². The molecule has 0 N–H and O–H groups in total. The van der Waals surface area contributed by atoms with Crippen LogP contribution in [-0.4, -0.2) is 33.8 Å². The number of carbonyl (C=O) groups is 1. The molecule has 0 radical (unpaired) electrons. The lowest BCUT2D eigenvalue weighted by atomic mass is 9.92. The number of nitrogens with zero attached hydrogens (tertiary/aromatic N) is 3. The van der Waals surface area contributed by atoms with E-state index in [2.05, 4.69) is 28.3 Å². The molecule has 2 aromatic heterocycles. The minimum absolute atomic E-state index is 0.118. The Morgan fingerprint density at radius 3 is 2.76 bits per heavy atom. The van der Waals surface area contributed by atoms with Gasteiger partial charge >= 0.3 is 0 Å². The van der Waals surface area contributed by atoms with Crippen molar-refractivity contribution in [2.24, 2.45) is 13.0 Å². The van der Waals surface area contributed by atoms with Crippen LogP contribution in [0.2, 0.25) is 0 Å². The van der Waals surface area contributed by atoms with Crippen molar-refractivity contribution >= 4 is 16.6 Å². The molecule has 3 heterocycles. The summed E-state index contributed by atoms with van der Waals surface area (Å²) in [6.45, 7) is 1.38. The van der Waals surface area contributed by atoms with E-state index in [1.165, 1.54) is 0 Å². The molecule has 1 saturated heterocycles. The van der Waals surface area contributed by atoms with Gasteiger partial charge in [0, 0.05) is 61.6 Å². The predicted molar refractivity (Wildman–Crippen MR) is 96.2 cm³/mol. The largest absolute Gasteiger partial charge is 0.381 e. The fourth-order valence-corrected chi connectivity index (χ4v) is 3.38. The molecule has 0 saturated carbocycles. The Morgan fingerprint density at radius 1 is 1.16 bits per heavy atom. The van der Waals surface area contributed by atoms with Crippen LogP contribution in [0.1, 0.15) is 18.5 Å². The van der Waals surface area contributed by atoms with Crippen LogP contribution in [0.25, 0.3) is 21.9 Å². The SMILES string of the molecule is Cn1cc(-c2ccc3cnc(CC(=O)C4CCOCC4)cc3c2)cn1. The maximum Gasteiger partial charge on any atom is 0.142 e. The van der Waals surface area contributed by atoms with Crippen molar-refractivity contribution in [3.05, 3.63) is 48.5 Å². The smallest absolute Gasteiger partial charge is 0.142 e. The van der Waals surface area contributed by atoms with Crippen molar-refractivity contribution < 1.29 is 9.53 Å². The van der Waals surface area contributed by atoms with Crippen molar-refractivity contribution in [2.75, 3.05) is 13.2 Å². The van der Waals surface area contributed by atoms with Gasteiger partial charge in [-0.15, -0.1) is 0 Å². The van der Waals surface area contributed by atoms with Crippen LogP contribution >= 0.6 is 0 Å². The molecule has 1 aromatic carbocycles. The van der Waals surface area contributed by atoms with Crippen molar-refractivity contribution in [1.82, 2.24) is 14.8 Å². The number of Topliss-reactive ketones (excluding diaryl/α,β-unsaturated/α-hetero) is 1. The standard InChI is InChI=1S/C20H21N3O2/c1-23-13-18(12-22-23)15-2-3-16-11-21-19(9-17(16)8-15)10-20(24)14-4-6-25-7-5-14/h2-3,8-9,11-14H,4-7,10H2,1H3. The third-order valence-electron chi connectivity index (χ3n) is 4.85. The van der Waals surface area contributed by atoms with Crippen LogP contribution in [0.3, 0.4) is 0 Å². The quantitative estimate of drug-likeness (QED) is 0.735. The molecule has 1 aliphatic rings. The lowest BCUT2D eigenvalue weighted by Gasteiger charge is -2.20. The summed E-state index contributed by atoms with van der Waals surface area (Å²) in [7, 11) is 1.91. The minimum atomic E-state index is 0.118. The summed E-state index contributed by atoms with van der Waals surface area (Å²) in [5.74, 6) is 0.395. The number of fused-ring (bicyclic) bond motifs is 1. The number of aryl methyl sites for hydroxylation is 1. The maximum absolute atomic E-state index is 12.5. The fourth-order valence-electron chi connectivity index (χ4n) is 3.38. The summed E-state index contributed by atoms with van der Waals surface area (Å²) in [6.07, 6.45) is 7.78. The lowest BCUT2D eigenvalue weighted by molar-refractivity contribution is -0.125. The van der Waals surface area contributed by atoms with Crippen molar-refractivity contribution in [1.29, 1.82) is 0 Å². The number of hydrogen-bond donors (Lipinski definition) is 0. The third-order valence-corrected chi connectivity index (χ3v) is 4.85. The van der Waals surface area contributed by atoms with E-state index in [1.807, 2.05) is 31.7 Å². The summed E-state index contributed by atoms with van der Waals surface area (Å²) in [4.78, 5) is 17.0. The van der Waals surface area contributed by atoms with Gasteiger partial charge in [0.1, 0.15) is 5.78 Å². The lowest BCUT2D eigenvalue weighted by Crippen LogP contribution is -2.24. The molecule has 5 nitrogen and oxygen atoms in total. The molecule has 0 bridgehead atoms. The van der Waals surface area contributed by atoms with Gasteiger partial charge < -0.3 is 4.74 Å². The summed E-state index contributed by atoms with van der Waals surface area (Å²) in [5, 5.41) is 6.41. The van der Waals surface area contributed by atoms with Gasteiger partial charge in [-0.25, -0.2) is 0 Å². The Bertz CT molecular complexity index is 910. The van der Waals surface area contributed by atoms with Gasteiger partial charge in [-0.05, 0) is 35.9 Å². The first-order chi connectivity index (χ1) is 12.2. The van der Waals surface area contributed by atoms with E-state index in [0.717, 1.165) is 40.4 Å². The van der Waals surface area contributed by atoms with E-state index in [-0.39, 0.29) is 11.7 Å². The van der Waals surface area contributed by atoms with E-state index in [9.17, 15) is 4.79 Å². The molecular weight excluding hydrogens is 314 g/mol. The minimum Gasteiger partial charge on any atom is -0.381 e. The van der Waals surface area contributed by atoms with E-state index in [1.54, 1.807) is 4.68 Å². The molecular formula is C20H21N3O2. The molecule has 0 atom stereocenters. The molecule has 0 unspecified atom stereocenters. The molecule has 1 fully saturated rings. The Hall–Kier alpha value is -2.53. The molecule has 128 valence electrons. The van der Waals surface area contributed by atoms with Gasteiger partial charge in [0.2, 0.25) is 0 Å². The zero-order valence-corrected chi connectivity index (χ0v) is 14.3. The van der Waals surface area contributed by atoms with Gasteiger partial charge in [-0.3, -0.25) is 14.5 Å². The normalized spacial score (nSPS) is 15.6. The highest BCUT2D eigenvalue weighted by atomic mass is 16.5. The predicted octanol–water partition coefficient (Wildman–Crippen LogP) is 3.17. The van der Waals surface area contributed by atoms with Gasteiger partial charge in [0.25, 0.3) is 0 Å². The van der Waals surface area contributed by atoms with Crippen LogP contribution in [0.4, 0.5) is 0 Å². The van der Waals surface area contributed by atoms with Crippen LogP contribution in [0.5, 0.6) is 0 Å². The molecule has 4 rings (SSSR count).